The third-order valence-electron chi connectivity index (χ3n) is 2.60. The molecule has 0 aliphatic rings. The second-order valence-electron chi connectivity index (χ2n) is 4.38. The molecule has 24 heavy (non-hydrogen) atoms. The summed E-state index contributed by atoms with van der Waals surface area (Å²) in [6.45, 7) is -2.27. The van der Waals surface area contributed by atoms with Crippen LogP contribution in [0.2, 0.25) is 5.02 Å². The standard InChI is InChI=1S/C14H13ClF3N3O3/c15-10-4-2-1-3-8(10)11(22)6-24-13(23)9(5-19)12(20)21-7-14(16,17)18/h1-5H,6-7,19H2,(H2,20,21)/b9-5+. The lowest BCUT2D eigenvalue weighted by Gasteiger charge is -2.08. The number of nitrogens with two attached hydrogens (primary N) is 2. The van der Waals surface area contributed by atoms with E-state index in [1.165, 1.54) is 12.1 Å². The van der Waals surface area contributed by atoms with Gasteiger partial charge in [0.2, 0.25) is 5.78 Å². The number of halogens is 4. The highest BCUT2D eigenvalue weighted by molar-refractivity contribution is 6.34. The fourth-order valence-corrected chi connectivity index (χ4v) is 1.73. The molecule has 1 rings (SSSR count). The van der Waals surface area contributed by atoms with Crippen molar-refractivity contribution in [1.82, 2.24) is 0 Å². The van der Waals surface area contributed by atoms with Crippen LogP contribution in [0.3, 0.4) is 0 Å². The van der Waals surface area contributed by atoms with Crippen LogP contribution in [-0.4, -0.2) is 36.9 Å². The summed E-state index contributed by atoms with van der Waals surface area (Å²) in [4.78, 5) is 26.6. The minimum absolute atomic E-state index is 0.129. The van der Waals surface area contributed by atoms with E-state index in [9.17, 15) is 22.8 Å². The summed E-state index contributed by atoms with van der Waals surface area (Å²) in [6, 6.07) is 6.08. The van der Waals surface area contributed by atoms with Crippen molar-refractivity contribution >= 4 is 29.2 Å². The van der Waals surface area contributed by atoms with Gasteiger partial charge in [0.25, 0.3) is 0 Å². The van der Waals surface area contributed by atoms with Gasteiger partial charge in [-0.3, -0.25) is 9.79 Å². The number of amidine groups is 1. The molecule has 0 spiro atoms. The monoisotopic (exact) mass is 363 g/mol. The Kier molecular flexibility index (Phi) is 6.78. The van der Waals surface area contributed by atoms with Gasteiger partial charge in [-0.15, -0.1) is 0 Å². The summed E-state index contributed by atoms with van der Waals surface area (Å²) >= 11 is 5.82. The van der Waals surface area contributed by atoms with Crippen molar-refractivity contribution in [2.24, 2.45) is 16.5 Å². The molecule has 0 bridgehead atoms. The fraction of sp³-hybridized carbons (Fsp3) is 0.214. The molecule has 10 heteroatoms. The third kappa shape index (κ3) is 5.92. The predicted octanol–water partition coefficient (Wildman–Crippen LogP) is 1.83. The number of ether oxygens (including phenoxy) is 1. The number of rotatable bonds is 6. The second kappa shape index (κ2) is 8.34. The van der Waals surface area contributed by atoms with Gasteiger partial charge >= 0.3 is 12.1 Å². The van der Waals surface area contributed by atoms with E-state index in [0.717, 1.165) is 0 Å². The minimum atomic E-state index is -4.59. The van der Waals surface area contributed by atoms with Gasteiger partial charge in [0.05, 0.1) is 5.02 Å². The second-order valence-corrected chi connectivity index (χ2v) is 4.78. The number of esters is 1. The van der Waals surface area contributed by atoms with Gasteiger partial charge in [-0.1, -0.05) is 23.7 Å². The summed E-state index contributed by atoms with van der Waals surface area (Å²) in [6.07, 6.45) is -3.94. The smallest absolute Gasteiger partial charge is 0.408 e. The van der Waals surface area contributed by atoms with Gasteiger partial charge in [-0.25, -0.2) is 4.79 Å². The normalized spacial score (nSPS) is 12.8. The minimum Gasteiger partial charge on any atom is -0.454 e. The zero-order valence-corrected chi connectivity index (χ0v) is 12.9. The SMILES string of the molecule is N/C=C(/C(=O)OCC(=O)c1ccccc1Cl)C(N)=NCC(F)(F)F. The lowest BCUT2D eigenvalue weighted by molar-refractivity contribution is -0.137. The summed E-state index contributed by atoms with van der Waals surface area (Å²) in [5, 5.41) is 0.166. The highest BCUT2D eigenvalue weighted by atomic mass is 35.5. The maximum absolute atomic E-state index is 12.1. The highest BCUT2D eigenvalue weighted by Gasteiger charge is 2.27. The molecule has 1 aromatic rings. The molecule has 0 heterocycles. The van der Waals surface area contributed by atoms with E-state index >= 15 is 0 Å². The van der Waals surface area contributed by atoms with Crippen molar-refractivity contribution < 1.29 is 27.5 Å². The largest absolute Gasteiger partial charge is 0.454 e. The maximum Gasteiger partial charge on any atom is 0.408 e. The molecule has 0 amide bonds. The molecule has 1 aromatic carbocycles. The van der Waals surface area contributed by atoms with Gasteiger partial charge in [0.1, 0.15) is 18.0 Å². The summed E-state index contributed by atoms with van der Waals surface area (Å²) in [5.41, 5.74) is 9.97. The van der Waals surface area contributed by atoms with Gasteiger partial charge in [-0.05, 0) is 12.1 Å². The van der Waals surface area contributed by atoms with E-state index in [0.29, 0.717) is 6.20 Å². The van der Waals surface area contributed by atoms with Gasteiger partial charge in [0.15, 0.2) is 6.61 Å². The molecule has 4 N–H and O–H groups in total. The Morgan fingerprint density at radius 2 is 1.92 bits per heavy atom. The van der Waals surface area contributed by atoms with Crippen LogP contribution < -0.4 is 11.5 Å². The molecule has 0 aromatic heterocycles. The van der Waals surface area contributed by atoms with Crippen LogP contribution >= 0.6 is 11.6 Å². The van der Waals surface area contributed by atoms with E-state index < -0.39 is 42.5 Å². The van der Waals surface area contributed by atoms with Crippen molar-refractivity contribution in [3.63, 3.8) is 0 Å². The van der Waals surface area contributed by atoms with Crippen molar-refractivity contribution in [1.29, 1.82) is 0 Å². The van der Waals surface area contributed by atoms with Crippen LogP contribution in [-0.2, 0) is 9.53 Å². The highest BCUT2D eigenvalue weighted by Crippen LogP contribution is 2.16. The molecule has 0 radical (unpaired) electrons. The Bertz CT molecular complexity index is 687. The molecule has 6 nitrogen and oxygen atoms in total. The zero-order chi connectivity index (χ0) is 18.3. The molecule has 0 saturated carbocycles. The number of hydrogen-bond donors (Lipinski definition) is 2. The molecule has 0 fully saturated rings. The first-order chi connectivity index (χ1) is 11.2. The number of nitrogens with zero attached hydrogens (tertiary/aromatic N) is 1. The van der Waals surface area contributed by atoms with Crippen molar-refractivity contribution in [2.75, 3.05) is 13.2 Å². The fourth-order valence-electron chi connectivity index (χ4n) is 1.49. The number of ketones is 1. The average molecular weight is 364 g/mol. The Balaban J connectivity index is 2.72. The summed E-state index contributed by atoms with van der Waals surface area (Å²) in [7, 11) is 0. The van der Waals surface area contributed by atoms with E-state index in [1.54, 1.807) is 12.1 Å². The van der Waals surface area contributed by atoms with E-state index in [1.807, 2.05) is 0 Å². The Labute approximate surface area is 139 Å². The van der Waals surface area contributed by atoms with Crippen LogP contribution in [0.5, 0.6) is 0 Å². The number of benzene rings is 1. The Morgan fingerprint density at radius 3 is 2.46 bits per heavy atom. The molecule has 0 atom stereocenters. The van der Waals surface area contributed by atoms with Crippen LogP contribution in [0.15, 0.2) is 41.0 Å². The van der Waals surface area contributed by atoms with Crippen LogP contribution in [0.4, 0.5) is 13.2 Å². The molecule has 0 aliphatic heterocycles. The van der Waals surface area contributed by atoms with Gasteiger partial charge < -0.3 is 16.2 Å². The number of carbonyl (C=O) groups is 2. The van der Waals surface area contributed by atoms with Crippen molar-refractivity contribution in [3.8, 4) is 0 Å². The first-order valence-corrected chi connectivity index (χ1v) is 6.77. The molecular weight excluding hydrogens is 351 g/mol. The lowest BCUT2D eigenvalue weighted by atomic mass is 10.1. The average Bonchev–Trinajstić information content (AvgIpc) is 2.51. The quantitative estimate of drug-likeness (QED) is 0.263. The Morgan fingerprint density at radius 1 is 1.29 bits per heavy atom. The number of alkyl halides is 3. The van der Waals surface area contributed by atoms with Crippen molar-refractivity contribution in [3.05, 3.63) is 46.6 Å². The number of Topliss-reactive ketones (excluding diaryl/α,β-unsaturated/α-hetero) is 1. The Hall–Kier alpha value is -2.55. The van der Waals surface area contributed by atoms with Crippen LogP contribution in [0.1, 0.15) is 10.4 Å². The maximum atomic E-state index is 12.1. The van der Waals surface area contributed by atoms with Crippen molar-refractivity contribution in [2.45, 2.75) is 6.18 Å². The number of aliphatic imine (C=N–C) groups is 1. The molecule has 0 saturated heterocycles. The predicted molar refractivity (Wildman–Crippen MR) is 81.6 cm³/mol. The zero-order valence-electron chi connectivity index (χ0n) is 12.1. The lowest BCUT2D eigenvalue weighted by Crippen LogP contribution is -2.27. The molecular formula is C14H13ClF3N3O3. The van der Waals surface area contributed by atoms with Gasteiger partial charge in [0, 0.05) is 11.8 Å². The molecule has 130 valence electrons. The van der Waals surface area contributed by atoms with E-state index in [4.69, 9.17) is 23.1 Å². The van der Waals surface area contributed by atoms with E-state index in [-0.39, 0.29) is 10.6 Å². The first-order valence-electron chi connectivity index (χ1n) is 6.39. The topological polar surface area (TPSA) is 108 Å². The third-order valence-corrected chi connectivity index (χ3v) is 2.93. The van der Waals surface area contributed by atoms with Crippen LogP contribution in [0, 0.1) is 0 Å². The molecule has 0 aliphatic carbocycles. The van der Waals surface area contributed by atoms with E-state index in [2.05, 4.69) is 9.73 Å². The van der Waals surface area contributed by atoms with Crippen LogP contribution in [0.25, 0.3) is 0 Å². The summed E-state index contributed by atoms with van der Waals surface area (Å²) in [5.74, 6) is -2.53. The van der Waals surface area contributed by atoms with Gasteiger partial charge in [-0.2, -0.15) is 13.2 Å². The summed E-state index contributed by atoms with van der Waals surface area (Å²) < 4.78 is 40.9. The first kappa shape index (κ1) is 19.5. The number of hydrogen-bond acceptors (Lipinski definition) is 5. The molecule has 0 unspecified atom stereocenters. The number of carbonyl (C=O) groups excluding carboxylic acids is 2.